The first-order valence-corrected chi connectivity index (χ1v) is 5.09. The van der Waals surface area contributed by atoms with Crippen LogP contribution in [0.4, 0.5) is 0 Å². The number of nitrogens with zero attached hydrogens (tertiary/aromatic N) is 2. The third kappa shape index (κ3) is 2.60. The van der Waals surface area contributed by atoms with Crippen molar-refractivity contribution in [3.05, 3.63) is 41.5 Å². The van der Waals surface area contributed by atoms with Crippen LogP contribution in [0.2, 0.25) is 0 Å². The number of phenolic OH excluding ortho intramolecular Hbond substituents is 1. The lowest BCUT2D eigenvalue weighted by atomic mass is 10.1. The van der Waals surface area contributed by atoms with E-state index in [1.54, 1.807) is 19.1 Å². The first kappa shape index (κ1) is 11.1. The van der Waals surface area contributed by atoms with Gasteiger partial charge in [0.05, 0.1) is 6.54 Å². The van der Waals surface area contributed by atoms with Crippen molar-refractivity contribution in [1.82, 2.24) is 20.5 Å². The molecule has 0 unspecified atom stereocenters. The van der Waals surface area contributed by atoms with Gasteiger partial charge in [-0.3, -0.25) is 9.89 Å². The number of hydrogen-bond donors (Lipinski definition) is 3. The molecule has 0 aliphatic carbocycles. The molecule has 1 aromatic heterocycles. The molecule has 0 atom stereocenters. The molecule has 2 aromatic rings. The molecule has 1 amide bonds. The summed E-state index contributed by atoms with van der Waals surface area (Å²) < 4.78 is 0. The minimum absolute atomic E-state index is 0.147. The fourth-order valence-electron chi connectivity index (χ4n) is 1.48. The number of benzene rings is 1. The van der Waals surface area contributed by atoms with Gasteiger partial charge in [0.1, 0.15) is 17.9 Å². The molecule has 3 N–H and O–H groups in total. The molecule has 6 heteroatoms. The predicted molar refractivity (Wildman–Crippen MR) is 60.4 cm³/mol. The predicted octanol–water partition coefficient (Wildman–Crippen LogP) is 0.749. The monoisotopic (exact) mass is 232 g/mol. The van der Waals surface area contributed by atoms with E-state index in [1.807, 2.05) is 0 Å². The molecule has 0 fully saturated rings. The molecule has 0 saturated heterocycles. The Bertz CT molecular complexity index is 522. The van der Waals surface area contributed by atoms with Crippen LogP contribution in [0.3, 0.4) is 0 Å². The summed E-state index contributed by atoms with van der Waals surface area (Å²) in [6.07, 6.45) is 1.38. The summed E-state index contributed by atoms with van der Waals surface area (Å²) in [5.41, 5.74) is 1.25. The van der Waals surface area contributed by atoms with Crippen LogP contribution in [0.15, 0.2) is 24.5 Å². The second-order valence-electron chi connectivity index (χ2n) is 3.61. The molecular weight excluding hydrogens is 220 g/mol. The van der Waals surface area contributed by atoms with Crippen molar-refractivity contribution in [2.24, 2.45) is 0 Å². The van der Waals surface area contributed by atoms with Crippen molar-refractivity contribution in [1.29, 1.82) is 0 Å². The lowest BCUT2D eigenvalue weighted by molar-refractivity contribution is 0.0949. The highest BCUT2D eigenvalue weighted by Crippen LogP contribution is 2.15. The van der Waals surface area contributed by atoms with Crippen LogP contribution in [-0.2, 0) is 6.54 Å². The molecule has 0 bridgehead atoms. The van der Waals surface area contributed by atoms with Crippen LogP contribution in [0.25, 0.3) is 0 Å². The van der Waals surface area contributed by atoms with Gasteiger partial charge in [0.2, 0.25) is 0 Å². The largest absolute Gasteiger partial charge is 0.508 e. The minimum Gasteiger partial charge on any atom is -0.508 e. The Morgan fingerprint density at radius 2 is 2.35 bits per heavy atom. The number of rotatable bonds is 3. The maximum Gasteiger partial charge on any atom is 0.251 e. The molecule has 0 aliphatic heterocycles. The van der Waals surface area contributed by atoms with Crippen molar-refractivity contribution in [3.8, 4) is 5.75 Å². The fourth-order valence-corrected chi connectivity index (χ4v) is 1.48. The summed E-state index contributed by atoms with van der Waals surface area (Å²) >= 11 is 0. The zero-order valence-electron chi connectivity index (χ0n) is 9.27. The van der Waals surface area contributed by atoms with Gasteiger partial charge in [-0.25, -0.2) is 4.98 Å². The number of aryl methyl sites for hydroxylation is 1. The Morgan fingerprint density at radius 3 is 3.00 bits per heavy atom. The van der Waals surface area contributed by atoms with Gasteiger partial charge < -0.3 is 10.4 Å². The smallest absolute Gasteiger partial charge is 0.251 e. The molecule has 6 nitrogen and oxygen atoms in total. The molecule has 2 rings (SSSR count). The number of aromatic amines is 1. The highest BCUT2D eigenvalue weighted by molar-refractivity contribution is 5.95. The van der Waals surface area contributed by atoms with Gasteiger partial charge in [0.25, 0.3) is 5.91 Å². The van der Waals surface area contributed by atoms with E-state index >= 15 is 0 Å². The van der Waals surface area contributed by atoms with Crippen LogP contribution in [0.1, 0.15) is 21.7 Å². The van der Waals surface area contributed by atoms with Crippen molar-refractivity contribution < 1.29 is 9.90 Å². The molecular formula is C11H12N4O2. The maximum atomic E-state index is 11.8. The first-order valence-electron chi connectivity index (χ1n) is 5.09. The summed E-state index contributed by atoms with van der Waals surface area (Å²) in [5, 5.41) is 18.3. The third-order valence-corrected chi connectivity index (χ3v) is 2.34. The molecule has 17 heavy (non-hydrogen) atoms. The number of amides is 1. The second kappa shape index (κ2) is 4.65. The highest BCUT2D eigenvalue weighted by Gasteiger charge is 2.09. The van der Waals surface area contributed by atoms with Gasteiger partial charge in [-0.1, -0.05) is 0 Å². The van der Waals surface area contributed by atoms with Crippen LogP contribution in [-0.4, -0.2) is 26.2 Å². The SMILES string of the molecule is Cc1cc(O)ccc1C(=O)NCc1ncn[nH]1. The summed E-state index contributed by atoms with van der Waals surface area (Å²) in [6.45, 7) is 2.06. The van der Waals surface area contributed by atoms with Crippen LogP contribution >= 0.6 is 0 Å². The van der Waals surface area contributed by atoms with Crippen molar-refractivity contribution in [2.75, 3.05) is 0 Å². The van der Waals surface area contributed by atoms with Crippen LogP contribution in [0.5, 0.6) is 5.75 Å². The Kier molecular flexibility index (Phi) is 3.04. The molecule has 0 saturated carbocycles. The van der Waals surface area contributed by atoms with Crippen molar-refractivity contribution in [2.45, 2.75) is 13.5 Å². The number of aromatic nitrogens is 3. The van der Waals surface area contributed by atoms with E-state index in [0.29, 0.717) is 17.9 Å². The van der Waals surface area contributed by atoms with Crippen molar-refractivity contribution in [3.63, 3.8) is 0 Å². The summed E-state index contributed by atoms with van der Waals surface area (Å²) in [4.78, 5) is 15.7. The number of phenols is 1. The summed E-state index contributed by atoms with van der Waals surface area (Å²) in [5.74, 6) is 0.531. The number of H-pyrrole nitrogens is 1. The van der Waals surface area contributed by atoms with E-state index < -0.39 is 0 Å². The lowest BCUT2D eigenvalue weighted by Gasteiger charge is -2.06. The van der Waals surface area contributed by atoms with E-state index in [0.717, 1.165) is 5.56 Å². The molecule has 1 heterocycles. The summed E-state index contributed by atoms with van der Waals surface area (Å²) in [6, 6.07) is 4.61. The molecule has 0 spiro atoms. The Balaban J connectivity index is 2.04. The Morgan fingerprint density at radius 1 is 1.53 bits per heavy atom. The first-order chi connectivity index (χ1) is 8.16. The number of carbonyl (C=O) groups is 1. The van der Waals surface area contributed by atoms with E-state index in [1.165, 1.54) is 12.4 Å². The topological polar surface area (TPSA) is 90.9 Å². The van der Waals surface area contributed by atoms with Gasteiger partial charge >= 0.3 is 0 Å². The van der Waals surface area contributed by atoms with E-state index in [4.69, 9.17) is 0 Å². The van der Waals surface area contributed by atoms with Crippen molar-refractivity contribution >= 4 is 5.91 Å². The second-order valence-corrected chi connectivity index (χ2v) is 3.61. The molecule has 88 valence electrons. The number of nitrogens with one attached hydrogen (secondary N) is 2. The third-order valence-electron chi connectivity index (χ3n) is 2.34. The van der Waals surface area contributed by atoms with Crippen LogP contribution in [0, 0.1) is 6.92 Å². The Hall–Kier alpha value is -2.37. The van der Waals surface area contributed by atoms with E-state index in [9.17, 15) is 9.90 Å². The standard InChI is InChI=1S/C11H12N4O2/c1-7-4-8(16)2-3-9(7)11(17)12-5-10-13-6-14-15-10/h2-4,6,16H,5H2,1H3,(H,12,17)(H,13,14,15). The summed E-state index contributed by atoms with van der Waals surface area (Å²) in [7, 11) is 0. The average molecular weight is 232 g/mol. The number of aromatic hydroxyl groups is 1. The lowest BCUT2D eigenvalue weighted by Crippen LogP contribution is -2.24. The molecule has 0 aliphatic rings. The van der Waals surface area contributed by atoms with Crippen LogP contribution < -0.4 is 5.32 Å². The quantitative estimate of drug-likeness (QED) is 0.728. The average Bonchev–Trinajstić information content (AvgIpc) is 2.78. The zero-order chi connectivity index (χ0) is 12.3. The fraction of sp³-hybridized carbons (Fsp3) is 0.182. The normalized spacial score (nSPS) is 10.2. The molecule has 1 aromatic carbocycles. The Labute approximate surface area is 97.7 Å². The highest BCUT2D eigenvalue weighted by atomic mass is 16.3. The van der Waals surface area contributed by atoms with Gasteiger partial charge in [0.15, 0.2) is 0 Å². The minimum atomic E-state index is -0.209. The van der Waals surface area contributed by atoms with Gasteiger partial charge in [-0.2, -0.15) is 5.10 Å². The van der Waals surface area contributed by atoms with Gasteiger partial charge in [-0.05, 0) is 30.7 Å². The van der Waals surface area contributed by atoms with Gasteiger partial charge in [-0.15, -0.1) is 0 Å². The van der Waals surface area contributed by atoms with E-state index in [2.05, 4.69) is 20.5 Å². The molecule has 0 radical (unpaired) electrons. The number of hydrogen-bond acceptors (Lipinski definition) is 4. The maximum absolute atomic E-state index is 11.8. The number of carbonyl (C=O) groups excluding carboxylic acids is 1. The zero-order valence-corrected chi connectivity index (χ0v) is 9.27. The van der Waals surface area contributed by atoms with E-state index in [-0.39, 0.29) is 11.7 Å². The van der Waals surface area contributed by atoms with Gasteiger partial charge in [0, 0.05) is 5.56 Å².